The summed E-state index contributed by atoms with van der Waals surface area (Å²) in [6, 6.07) is 13.3. The van der Waals surface area contributed by atoms with Crippen molar-refractivity contribution in [3.63, 3.8) is 0 Å². The van der Waals surface area contributed by atoms with E-state index in [2.05, 4.69) is 5.32 Å². The van der Waals surface area contributed by atoms with Crippen LogP contribution in [0, 0.1) is 11.3 Å². The molecule has 122 valence electrons. The zero-order chi connectivity index (χ0) is 17.5. The third kappa shape index (κ3) is 4.73. The number of nitrogens with one attached hydrogen (secondary N) is 1. The van der Waals surface area contributed by atoms with Crippen LogP contribution in [0.25, 0.3) is 0 Å². The monoisotopic (exact) mass is 343 g/mol. The highest BCUT2D eigenvalue weighted by molar-refractivity contribution is 6.31. The van der Waals surface area contributed by atoms with Crippen LogP contribution in [0.15, 0.2) is 42.5 Å². The fourth-order valence-corrected chi connectivity index (χ4v) is 2.13. The number of carbonyl (C=O) groups is 2. The molecule has 2 rings (SSSR count). The second-order valence-corrected chi connectivity index (χ2v) is 5.31. The van der Waals surface area contributed by atoms with Gasteiger partial charge in [0.05, 0.1) is 18.1 Å². The molecule has 0 aliphatic heterocycles. The summed E-state index contributed by atoms with van der Waals surface area (Å²) in [5, 5.41) is 11.6. The number of benzene rings is 2. The molecular formula is C17H14ClN3O3. The number of hydrogen-bond acceptors (Lipinski definition) is 4. The third-order valence-electron chi connectivity index (χ3n) is 3.09. The van der Waals surface area contributed by atoms with Crippen molar-refractivity contribution in [1.29, 1.82) is 5.26 Å². The molecule has 24 heavy (non-hydrogen) atoms. The summed E-state index contributed by atoms with van der Waals surface area (Å²) in [6.07, 6.45) is 0.309. The molecule has 2 aromatic rings. The van der Waals surface area contributed by atoms with Crippen LogP contribution < -0.4 is 15.8 Å². The lowest BCUT2D eigenvalue weighted by molar-refractivity contribution is -0.118. The summed E-state index contributed by atoms with van der Waals surface area (Å²) in [4.78, 5) is 23.3. The first-order chi connectivity index (χ1) is 11.5. The van der Waals surface area contributed by atoms with Crippen LogP contribution in [0.5, 0.6) is 5.75 Å². The number of carbonyl (C=O) groups excluding carboxylic acids is 2. The summed E-state index contributed by atoms with van der Waals surface area (Å²) >= 11 is 5.80. The van der Waals surface area contributed by atoms with Gasteiger partial charge in [0.2, 0.25) is 0 Å². The van der Waals surface area contributed by atoms with Crippen LogP contribution in [-0.2, 0) is 11.2 Å². The predicted octanol–water partition coefficient (Wildman–Crippen LogP) is 2.52. The van der Waals surface area contributed by atoms with E-state index in [1.54, 1.807) is 24.3 Å². The Kier molecular flexibility index (Phi) is 5.77. The Hall–Kier alpha value is -3.04. The van der Waals surface area contributed by atoms with Crippen molar-refractivity contribution in [2.24, 2.45) is 5.73 Å². The van der Waals surface area contributed by atoms with Gasteiger partial charge in [0.25, 0.3) is 11.8 Å². The van der Waals surface area contributed by atoms with Gasteiger partial charge in [-0.05, 0) is 35.9 Å². The van der Waals surface area contributed by atoms with Gasteiger partial charge in [0, 0.05) is 10.7 Å². The molecule has 6 nitrogen and oxygen atoms in total. The molecule has 3 N–H and O–H groups in total. The van der Waals surface area contributed by atoms with Crippen LogP contribution in [0.1, 0.15) is 15.9 Å². The fraction of sp³-hybridized carbons (Fsp3) is 0.118. The second kappa shape index (κ2) is 7.99. The van der Waals surface area contributed by atoms with Gasteiger partial charge in [-0.1, -0.05) is 23.7 Å². The van der Waals surface area contributed by atoms with Gasteiger partial charge in [-0.15, -0.1) is 0 Å². The molecule has 0 atom stereocenters. The molecule has 0 aliphatic carbocycles. The molecule has 2 aromatic carbocycles. The lowest BCUT2D eigenvalue weighted by Gasteiger charge is -2.10. The zero-order valence-corrected chi connectivity index (χ0v) is 13.3. The number of halogens is 1. The number of nitriles is 1. The van der Waals surface area contributed by atoms with Gasteiger partial charge < -0.3 is 15.8 Å². The molecule has 0 saturated heterocycles. The maximum Gasteiger partial charge on any atom is 0.262 e. The Bertz CT molecular complexity index is 798. The van der Waals surface area contributed by atoms with E-state index in [-0.39, 0.29) is 17.9 Å². The number of rotatable bonds is 6. The predicted molar refractivity (Wildman–Crippen MR) is 89.9 cm³/mol. The van der Waals surface area contributed by atoms with Crippen molar-refractivity contribution in [1.82, 2.24) is 0 Å². The average Bonchev–Trinajstić information content (AvgIpc) is 2.55. The number of anilines is 1. The first-order valence-electron chi connectivity index (χ1n) is 6.97. The summed E-state index contributed by atoms with van der Waals surface area (Å²) < 4.78 is 5.34. The van der Waals surface area contributed by atoms with Gasteiger partial charge in [0.1, 0.15) is 5.75 Å². The maximum atomic E-state index is 11.9. The summed E-state index contributed by atoms with van der Waals surface area (Å²) in [5.41, 5.74) is 6.80. The molecule has 2 amide bonds. The molecule has 0 heterocycles. The molecule has 0 aromatic heterocycles. The van der Waals surface area contributed by atoms with E-state index in [1.807, 2.05) is 6.07 Å². The normalized spacial score (nSPS) is 9.83. The van der Waals surface area contributed by atoms with Gasteiger partial charge in [-0.2, -0.15) is 5.26 Å². The number of nitrogens with zero attached hydrogens (tertiary/aromatic N) is 1. The molecule has 0 fully saturated rings. The van der Waals surface area contributed by atoms with Crippen molar-refractivity contribution in [3.8, 4) is 11.8 Å². The van der Waals surface area contributed by atoms with E-state index in [9.17, 15) is 9.59 Å². The molecule has 0 spiro atoms. The van der Waals surface area contributed by atoms with Crippen molar-refractivity contribution in [2.75, 3.05) is 11.9 Å². The highest BCUT2D eigenvalue weighted by Crippen LogP contribution is 2.22. The van der Waals surface area contributed by atoms with Crippen LogP contribution in [0.4, 0.5) is 5.69 Å². The van der Waals surface area contributed by atoms with Gasteiger partial charge in [-0.3, -0.25) is 9.59 Å². The maximum absolute atomic E-state index is 11.9. The second-order valence-electron chi connectivity index (χ2n) is 4.87. The zero-order valence-electron chi connectivity index (χ0n) is 12.6. The fourth-order valence-electron chi connectivity index (χ4n) is 1.96. The Morgan fingerprint density at radius 3 is 2.54 bits per heavy atom. The minimum absolute atomic E-state index is 0.108. The Morgan fingerprint density at radius 1 is 1.21 bits per heavy atom. The topological polar surface area (TPSA) is 105 Å². The van der Waals surface area contributed by atoms with Crippen LogP contribution in [-0.4, -0.2) is 18.4 Å². The Morgan fingerprint density at radius 2 is 1.92 bits per heavy atom. The van der Waals surface area contributed by atoms with Crippen LogP contribution >= 0.6 is 11.6 Å². The van der Waals surface area contributed by atoms with Gasteiger partial charge >= 0.3 is 0 Å². The molecule has 7 heteroatoms. The molecule has 0 radical (unpaired) electrons. The average molecular weight is 344 g/mol. The summed E-state index contributed by atoms with van der Waals surface area (Å²) in [6.45, 7) is -0.290. The van der Waals surface area contributed by atoms with Crippen molar-refractivity contribution < 1.29 is 14.3 Å². The van der Waals surface area contributed by atoms with E-state index in [4.69, 9.17) is 27.3 Å². The molecular weight excluding hydrogens is 330 g/mol. The third-order valence-corrected chi connectivity index (χ3v) is 3.32. The Balaban J connectivity index is 1.96. The van der Waals surface area contributed by atoms with E-state index < -0.39 is 11.8 Å². The number of amides is 2. The van der Waals surface area contributed by atoms with E-state index in [0.29, 0.717) is 17.1 Å². The first-order valence-corrected chi connectivity index (χ1v) is 7.35. The van der Waals surface area contributed by atoms with E-state index in [0.717, 1.165) is 5.56 Å². The first kappa shape index (κ1) is 17.3. The molecule has 0 unspecified atom stereocenters. The quantitative estimate of drug-likeness (QED) is 0.840. The minimum atomic E-state index is -0.694. The standard InChI is InChI=1S/C17H14ClN3O3/c18-12-3-6-15(14(9-12)17(20)23)24-10-16(22)21-13-4-1-11(2-5-13)7-8-19/h1-6,9H,7,10H2,(H2,20,23)(H,21,22). The lowest BCUT2D eigenvalue weighted by Crippen LogP contribution is -2.21. The smallest absolute Gasteiger partial charge is 0.262 e. The summed E-state index contributed by atoms with van der Waals surface area (Å²) in [5.74, 6) is -0.902. The van der Waals surface area contributed by atoms with Crippen molar-refractivity contribution in [2.45, 2.75) is 6.42 Å². The molecule has 0 bridgehead atoms. The SMILES string of the molecule is N#CCc1ccc(NC(=O)COc2ccc(Cl)cc2C(N)=O)cc1. The van der Waals surface area contributed by atoms with Crippen LogP contribution in [0.2, 0.25) is 5.02 Å². The lowest BCUT2D eigenvalue weighted by atomic mass is 10.1. The number of ether oxygens (including phenoxy) is 1. The largest absolute Gasteiger partial charge is 0.483 e. The highest BCUT2D eigenvalue weighted by Gasteiger charge is 2.12. The number of primary amides is 1. The van der Waals surface area contributed by atoms with Gasteiger partial charge in [-0.25, -0.2) is 0 Å². The van der Waals surface area contributed by atoms with E-state index >= 15 is 0 Å². The van der Waals surface area contributed by atoms with Crippen molar-refractivity contribution in [3.05, 3.63) is 58.6 Å². The van der Waals surface area contributed by atoms with Crippen LogP contribution in [0.3, 0.4) is 0 Å². The summed E-state index contributed by atoms with van der Waals surface area (Å²) in [7, 11) is 0. The van der Waals surface area contributed by atoms with E-state index in [1.165, 1.54) is 18.2 Å². The minimum Gasteiger partial charge on any atom is -0.483 e. The highest BCUT2D eigenvalue weighted by atomic mass is 35.5. The molecule has 0 aliphatic rings. The Labute approximate surface area is 143 Å². The van der Waals surface area contributed by atoms with Gasteiger partial charge in [0.15, 0.2) is 6.61 Å². The molecule has 0 saturated carbocycles. The van der Waals surface area contributed by atoms with Crippen molar-refractivity contribution >= 4 is 29.1 Å². The number of hydrogen-bond donors (Lipinski definition) is 2. The number of nitrogens with two attached hydrogens (primary N) is 1.